The minimum atomic E-state index is -3.51. The second kappa shape index (κ2) is 4.83. The summed E-state index contributed by atoms with van der Waals surface area (Å²) in [5.41, 5.74) is -0.425. The second-order valence-corrected chi connectivity index (χ2v) is 8.49. The average molecular weight is 275 g/mol. The lowest BCUT2D eigenvalue weighted by Crippen LogP contribution is -2.40. The number of rotatable bonds is 3. The molecule has 0 N–H and O–H groups in total. The summed E-state index contributed by atoms with van der Waals surface area (Å²) in [7, 11) is -3.51. The van der Waals surface area contributed by atoms with Gasteiger partial charge < -0.3 is 0 Å². The number of hydrogen-bond acceptors (Lipinski definition) is 3. The van der Waals surface area contributed by atoms with E-state index in [9.17, 15) is 13.2 Å². The summed E-state index contributed by atoms with van der Waals surface area (Å²) in [5, 5.41) is -0.607. The molecule has 0 radical (unpaired) electrons. The normalized spacial score (nSPS) is 28.2. The van der Waals surface area contributed by atoms with E-state index in [4.69, 9.17) is 0 Å². The molecule has 0 aromatic rings. The quantitative estimate of drug-likeness (QED) is 0.794. The molecule has 5 heteroatoms. The van der Waals surface area contributed by atoms with Gasteiger partial charge in [0.15, 0.2) is 0 Å². The molecule has 2 atom stereocenters. The van der Waals surface area contributed by atoms with Crippen molar-refractivity contribution in [2.75, 3.05) is 6.54 Å². The van der Waals surface area contributed by atoms with Crippen molar-refractivity contribution < 1.29 is 13.2 Å². The summed E-state index contributed by atoms with van der Waals surface area (Å²) in [6.07, 6.45) is 0.659. The Kier molecular flexibility index (Phi) is 4.16. The molecule has 0 bridgehead atoms. The average Bonchev–Trinajstić information content (AvgIpc) is 2.37. The van der Waals surface area contributed by atoms with E-state index >= 15 is 0 Å². The Hall–Kier alpha value is -0.580. The number of carbonyl (C=O) groups excluding carboxylic acids is 1. The lowest BCUT2D eigenvalue weighted by atomic mass is 9.78. The lowest BCUT2D eigenvalue weighted by molar-refractivity contribution is -0.130. The maximum atomic E-state index is 12.6. The van der Waals surface area contributed by atoms with Crippen molar-refractivity contribution in [3.05, 3.63) is 0 Å². The monoisotopic (exact) mass is 275 g/mol. The van der Waals surface area contributed by atoms with Crippen LogP contribution in [0.2, 0.25) is 0 Å². The zero-order valence-electron chi connectivity index (χ0n) is 12.2. The molecule has 0 aromatic carbocycles. The highest BCUT2D eigenvalue weighted by Gasteiger charge is 2.57. The third-order valence-corrected chi connectivity index (χ3v) is 6.10. The Bertz CT molecular complexity index is 420. The fraction of sp³-hybridized carbons (Fsp3) is 0.923. The van der Waals surface area contributed by atoms with Crippen LogP contribution in [-0.4, -0.2) is 30.4 Å². The van der Waals surface area contributed by atoms with Crippen molar-refractivity contribution in [3.63, 3.8) is 0 Å². The first kappa shape index (κ1) is 15.5. The van der Waals surface area contributed by atoms with E-state index in [1.165, 1.54) is 0 Å². The first-order chi connectivity index (χ1) is 8.05. The van der Waals surface area contributed by atoms with Crippen molar-refractivity contribution in [2.45, 2.75) is 53.2 Å². The molecule has 2 unspecified atom stereocenters. The summed E-state index contributed by atoms with van der Waals surface area (Å²) in [4.78, 5) is 12.4. The molecule has 1 fully saturated rings. The Morgan fingerprint density at radius 1 is 1.28 bits per heavy atom. The van der Waals surface area contributed by atoms with Crippen LogP contribution < -0.4 is 0 Å². The molecule has 1 aliphatic heterocycles. The Morgan fingerprint density at radius 2 is 1.78 bits per heavy atom. The fourth-order valence-corrected chi connectivity index (χ4v) is 5.58. The molecule has 1 saturated heterocycles. The molecule has 1 rings (SSSR count). The van der Waals surface area contributed by atoms with Gasteiger partial charge in [0.1, 0.15) is 0 Å². The molecular formula is C13H25NO3S. The number of hydrogen-bond donors (Lipinski definition) is 0. The summed E-state index contributed by atoms with van der Waals surface area (Å²) in [6, 6.07) is 0. The van der Waals surface area contributed by atoms with Crippen molar-refractivity contribution in [1.29, 1.82) is 0 Å². The van der Waals surface area contributed by atoms with Gasteiger partial charge in [0.2, 0.25) is 15.9 Å². The van der Waals surface area contributed by atoms with Gasteiger partial charge >= 0.3 is 0 Å². The van der Waals surface area contributed by atoms with Crippen LogP contribution in [0.3, 0.4) is 0 Å². The van der Waals surface area contributed by atoms with Gasteiger partial charge in [-0.1, -0.05) is 41.5 Å². The topological polar surface area (TPSA) is 54.5 Å². The van der Waals surface area contributed by atoms with Crippen LogP contribution >= 0.6 is 0 Å². The summed E-state index contributed by atoms with van der Waals surface area (Å²) in [5.74, 6) is -0.591. The van der Waals surface area contributed by atoms with Gasteiger partial charge in [0.25, 0.3) is 0 Å². The minimum absolute atomic E-state index is 0.0401. The maximum Gasteiger partial charge on any atom is 0.241 e. The highest BCUT2D eigenvalue weighted by Crippen LogP contribution is 2.43. The third-order valence-electron chi connectivity index (χ3n) is 3.48. The van der Waals surface area contributed by atoms with Gasteiger partial charge in [0.05, 0.1) is 11.2 Å². The smallest absolute Gasteiger partial charge is 0.241 e. The van der Waals surface area contributed by atoms with Crippen molar-refractivity contribution in [1.82, 2.24) is 4.31 Å². The molecule has 1 heterocycles. The number of carbonyl (C=O) groups is 1. The van der Waals surface area contributed by atoms with E-state index < -0.39 is 26.6 Å². The van der Waals surface area contributed by atoms with Crippen LogP contribution in [-0.2, 0) is 14.8 Å². The van der Waals surface area contributed by atoms with Gasteiger partial charge in [0, 0.05) is 6.54 Å². The SMILES string of the molecule is CCCN1C(=O)C(C(C)C)C(C(C)(C)C)S1(=O)=O. The number of amides is 1. The highest BCUT2D eigenvalue weighted by atomic mass is 32.2. The minimum Gasteiger partial charge on any atom is -0.273 e. The predicted octanol–water partition coefficient (Wildman–Crippen LogP) is 2.26. The van der Waals surface area contributed by atoms with E-state index in [0.29, 0.717) is 13.0 Å². The van der Waals surface area contributed by atoms with Crippen LogP contribution in [0.5, 0.6) is 0 Å². The van der Waals surface area contributed by atoms with E-state index in [0.717, 1.165) is 4.31 Å². The van der Waals surface area contributed by atoms with Crippen LogP contribution in [0, 0.1) is 17.3 Å². The predicted molar refractivity (Wildman–Crippen MR) is 72.5 cm³/mol. The van der Waals surface area contributed by atoms with Gasteiger partial charge in [-0.05, 0) is 17.8 Å². The summed E-state index contributed by atoms with van der Waals surface area (Å²) in [6.45, 7) is 11.7. The van der Waals surface area contributed by atoms with Crippen LogP contribution in [0.1, 0.15) is 48.0 Å². The molecule has 0 saturated carbocycles. The molecule has 1 aliphatic rings. The van der Waals surface area contributed by atoms with E-state index in [1.807, 2.05) is 41.5 Å². The number of sulfonamides is 1. The molecule has 18 heavy (non-hydrogen) atoms. The van der Waals surface area contributed by atoms with Gasteiger partial charge in [-0.3, -0.25) is 4.79 Å². The van der Waals surface area contributed by atoms with Gasteiger partial charge in [-0.15, -0.1) is 0 Å². The second-order valence-electron chi connectivity index (χ2n) is 6.51. The first-order valence-electron chi connectivity index (χ1n) is 6.60. The van der Waals surface area contributed by atoms with Gasteiger partial charge in [-0.25, -0.2) is 12.7 Å². The number of nitrogens with zero attached hydrogens (tertiary/aromatic N) is 1. The lowest BCUT2D eigenvalue weighted by Gasteiger charge is -2.30. The van der Waals surface area contributed by atoms with Crippen LogP contribution in [0.15, 0.2) is 0 Å². The molecule has 0 aliphatic carbocycles. The van der Waals surface area contributed by atoms with Crippen LogP contribution in [0.4, 0.5) is 0 Å². The first-order valence-corrected chi connectivity index (χ1v) is 8.10. The van der Waals surface area contributed by atoms with E-state index in [1.54, 1.807) is 0 Å². The molecule has 4 nitrogen and oxygen atoms in total. The Labute approximate surface area is 111 Å². The van der Waals surface area contributed by atoms with Crippen molar-refractivity contribution in [2.24, 2.45) is 17.3 Å². The highest BCUT2D eigenvalue weighted by molar-refractivity contribution is 7.90. The summed E-state index contributed by atoms with van der Waals surface area (Å²) >= 11 is 0. The van der Waals surface area contributed by atoms with E-state index in [-0.39, 0.29) is 11.8 Å². The van der Waals surface area contributed by atoms with Crippen molar-refractivity contribution >= 4 is 15.9 Å². The Balaban J connectivity index is 3.33. The molecule has 0 aromatic heterocycles. The molecule has 1 amide bonds. The van der Waals surface area contributed by atoms with Crippen molar-refractivity contribution in [3.8, 4) is 0 Å². The van der Waals surface area contributed by atoms with Gasteiger partial charge in [-0.2, -0.15) is 0 Å². The molecule has 0 spiro atoms. The maximum absolute atomic E-state index is 12.6. The zero-order chi connectivity index (χ0) is 14.3. The summed E-state index contributed by atoms with van der Waals surface area (Å²) < 4.78 is 26.2. The zero-order valence-corrected chi connectivity index (χ0v) is 13.0. The largest absolute Gasteiger partial charge is 0.273 e. The Morgan fingerprint density at radius 3 is 2.06 bits per heavy atom. The van der Waals surface area contributed by atoms with E-state index in [2.05, 4.69) is 0 Å². The standard InChI is InChI=1S/C13H25NO3S/c1-7-8-14-12(15)10(9(2)3)11(13(4,5)6)18(14,16)17/h9-11H,7-8H2,1-6H3. The third kappa shape index (κ3) is 2.42. The fourth-order valence-electron chi connectivity index (χ4n) is 2.80. The molecular weight excluding hydrogens is 250 g/mol. The molecule has 106 valence electrons. The van der Waals surface area contributed by atoms with Crippen LogP contribution in [0.25, 0.3) is 0 Å².